The van der Waals surface area contributed by atoms with Crippen LogP contribution in [0.15, 0.2) is 0 Å². The molecule has 0 fully saturated rings. The fourth-order valence-electron chi connectivity index (χ4n) is 0. The quantitative estimate of drug-likeness (QED) is 0.373. The molecule has 0 radical (unpaired) electrons. The molecule has 0 bridgehead atoms. The van der Waals surface area contributed by atoms with Crippen molar-refractivity contribution in [3.63, 3.8) is 0 Å². The summed E-state index contributed by atoms with van der Waals surface area (Å²) in [6.45, 7) is 0. The zero-order chi connectivity index (χ0) is 7.00. The summed E-state index contributed by atoms with van der Waals surface area (Å²) in [6, 6.07) is 0. The van der Waals surface area contributed by atoms with Gasteiger partial charge >= 0.3 is 63.3 Å². The first-order valence-corrected chi connectivity index (χ1v) is 2.45. The standard InChI is InChI=1S/C2Cl2F3.Li/c3-1(4)2(5,6)7;. The molecule has 0 spiro atoms. The predicted octanol–water partition coefficient (Wildman–Crippen LogP) is 1.85. The molecule has 44 valence electrons. The first-order valence-electron chi connectivity index (χ1n) is 1.69. The van der Waals surface area contributed by atoms with Crippen molar-refractivity contribution in [2.75, 3.05) is 0 Å². The molecule has 0 nitrogen and oxygen atoms in total. The normalized spacial score (nSPS) is 14.4. The average molecular weight is 159 g/mol. The van der Waals surface area contributed by atoms with Gasteiger partial charge in [-0.15, -0.1) is 0 Å². The molecule has 0 saturated carbocycles. The summed E-state index contributed by atoms with van der Waals surface area (Å²) in [5.74, 6) is 0. The molecule has 0 rings (SSSR count). The molecule has 0 unspecified atom stereocenters. The van der Waals surface area contributed by atoms with Crippen LogP contribution in [0.4, 0.5) is 13.2 Å². The van der Waals surface area contributed by atoms with E-state index in [4.69, 9.17) is 0 Å². The molecular weight excluding hydrogens is 159 g/mol. The van der Waals surface area contributed by atoms with Crippen molar-refractivity contribution in [3.05, 3.63) is 0 Å². The molecule has 0 N–H and O–H groups in total. The van der Waals surface area contributed by atoms with Crippen molar-refractivity contribution in [1.82, 2.24) is 0 Å². The zero-order valence-electron chi connectivity index (χ0n) is 3.89. The summed E-state index contributed by atoms with van der Waals surface area (Å²) in [6.07, 6.45) is -4.53. The Hall–Kier alpha value is 0.967. The second kappa shape index (κ2) is 2.30. The van der Waals surface area contributed by atoms with Gasteiger partial charge in [0, 0.05) is 0 Å². The Morgan fingerprint density at radius 1 is 1.12 bits per heavy atom. The molecule has 0 aliphatic heterocycles. The number of rotatable bonds is 0. The topological polar surface area (TPSA) is 0 Å². The minimum atomic E-state index is -4.53. The Bertz CT molecular complexity index is 70.3. The molecular formula is C2Cl2F3Li. The van der Waals surface area contributed by atoms with Crippen molar-refractivity contribution >= 4 is 40.9 Å². The Kier molecular flexibility index (Phi) is 2.58. The van der Waals surface area contributed by atoms with Gasteiger partial charge in [-0.3, -0.25) is 0 Å². The summed E-state index contributed by atoms with van der Waals surface area (Å²) in [4.78, 5) is 0. The summed E-state index contributed by atoms with van der Waals surface area (Å²) in [5, 5.41) is 0. The summed E-state index contributed by atoms with van der Waals surface area (Å²) < 4.78 is 31.3. The van der Waals surface area contributed by atoms with Gasteiger partial charge in [0.2, 0.25) is 0 Å². The van der Waals surface area contributed by atoms with E-state index in [-0.39, 0.29) is 0 Å². The molecule has 0 saturated heterocycles. The summed E-state index contributed by atoms with van der Waals surface area (Å²) in [5.41, 5.74) is 0. The van der Waals surface area contributed by atoms with Crippen LogP contribution in [0.3, 0.4) is 0 Å². The Labute approximate surface area is 63.5 Å². The van der Waals surface area contributed by atoms with Gasteiger partial charge in [0.25, 0.3) is 0 Å². The van der Waals surface area contributed by atoms with Crippen molar-refractivity contribution in [1.29, 1.82) is 0 Å². The van der Waals surface area contributed by atoms with E-state index in [1.165, 1.54) is 0 Å². The molecule has 0 aliphatic carbocycles. The maximum absolute atomic E-state index is 11.3. The molecule has 0 aromatic carbocycles. The van der Waals surface area contributed by atoms with Gasteiger partial charge in [0.15, 0.2) is 0 Å². The van der Waals surface area contributed by atoms with Gasteiger partial charge < -0.3 is 0 Å². The molecule has 0 aliphatic rings. The van der Waals surface area contributed by atoms with E-state index in [0.29, 0.717) is 17.7 Å². The van der Waals surface area contributed by atoms with Gasteiger partial charge in [0.1, 0.15) is 0 Å². The second-order valence-corrected chi connectivity index (χ2v) is 3.09. The fraction of sp³-hybridized carbons (Fsp3) is 1.00. The van der Waals surface area contributed by atoms with Crippen LogP contribution >= 0.6 is 23.2 Å². The van der Waals surface area contributed by atoms with Crippen LogP contribution in [-0.4, -0.2) is 26.9 Å². The number of hydrogen-bond acceptors (Lipinski definition) is 0. The van der Waals surface area contributed by atoms with E-state index in [0.717, 1.165) is 0 Å². The van der Waals surface area contributed by atoms with Crippen LogP contribution in [0.2, 0.25) is 0 Å². The van der Waals surface area contributed by atoms with E-state index in [2.05, 4.69) is 23.2 Å². The van der Waals surface area contributed by atoms with Crippen LogP contribution in [0.1, 0.15) is 0 Å². The molecule has 0 atom stereocenters. The van der Waals surface area contributed by atoms with E-state index in [9.17, 15) is 13.2 Å². The molecule has 6 heteroatoms. The maximum atomic E-state index is 11.3. The van der Waals surface area contributed by atoms with Crippen LogP contribution in [0, 0.1) is 0 Å². The number of halogens is 5. The monoisotopic (exact) mass is 158 g/mol. The molecule has 8 heavy (non-hydrogen) atoms. The van der Waals surface area contributed by atoms with E-state index >= 15 is 0 Å². The number of hydrogen-bond donors (Lipinski definition) is 0. The van der Waals surface area contributed by atoms with Crippen molar-refractivity contribution in [2.45, 2.75) is 9.18 Å². The van der Waals surface area contributed by atoms with Crippen molar-refractivity contribution < 1.29 is 13.2 Å². The van der Waals surface area contributed by atoms with Crippen LogP contribution in [-0.2, 0) is 0 Å². The van der Waals surface area contributed by atoms with Crippen LogP contribution < -0.4 is 0 Å². The first-order chi connectivity index (χ1) is 3.25. The fourth-order valence-corrected chi connectivity index (χ4v) is 0. The van der Waals surface area contributed by atoms with Crippen molar-refractivity contribution in [2.24, 2.45) is 0 Å². The molecule has 0 amide bonds. The summed E-state index contributed by atoms with van der Waals surface area (Å²) >= 11 is 9.98. The van der Waals surface area contributed by atoms with Gasteiger partial charge in [-0.2, -0.15) is 0 Å². The number of alkyl halides is 5. The summed E-state index contributed by atoms with van der Waals surface area (Å²) in [7, 11) is 0. The van der Waals surface area contributed by atoms with Crippen LogP contribution in [0.5, 0.6) is 0 Å². The third-order valence-corrected chi connectivity index (χ3v) is 0.926. The average Bonchev–Trinajstić information content (AvgIpc) is 1.25. The first kappa shape index (κ1) is 8.97. The molecule has 0 aromatic heterocycles. The van der Waals surface area contributed by atoms with Crippen LogP contribution in [0.25, 0.3) is 0 Å². The minimum absolute atomic E-state index is 0.677. The van der Waals surface area contributed by atoms with Crippen molar-refractivity contribution in [3.8, 4) is 0 Å². The van der Waals surface area contributed by atoms with E-state index in [1.54, 1.807) is 0 Å². The Balaban J connectivity index is 4.02. The van der Waals surface area contributed by atoms with Gasteiger partial charge in [0.05, 0.1) is 0 Å². The van der Waals surface area contributed by atoms with Gasteiger partial charge in [-0.1, -0.05) is 0 Å². The molecule has 0 heterocycles. The van der Waals surface area contributed by atoms with E-state index < -0.39 is 9.18 Å². The Morgan fingerprint density at radius 2 is 1.25 bits per heavy atom. The SMILES string of the molecule is [Li][C](Cl)(Cl)C(F)(F)F. The third kappa shape index (κ3) is 2.50. The second-order valence-electron chi connectivity index (χ2n) is 1.39. The van der Waals surface area contributed by atoms with Gasteiger partial charge in [-0.25, -0.2) is 0 Å². The molecule has 0 aromatic rings. The van der Waals surface area contributed by atoms with Gasteiger partial charge in [-0.05, 0) is 0 Å². The zero-order valence-corrected chi connectivity index (χ0v) is 5.40. The third-order valence-electron chi connectivity index (χ3n) is 0.498. The predicted molar refractivity (Wildman–Crippen MR) is 26.2 cm³/mol. The van der Waals surface area contributed by atoms with E-state index in [1.807, 2.05) is 0 Å². The Morgan fingerprint density at radius 3 is 1.25 bits per heavy atom.